The topological polar surface area (TPSA) is 69.6 Å². The van der Waals surface area contributed by atoms with E-state index in [9.17, 15) is 9.59 Å². The van der Waals surface area contributed by atoms with Gasteiger partial charge < -0.3 is 14.7 Å². The molecule has 7 nitrogen and oxygen atoms in total. The van der Waals surface area contributed by atoms with Crippen molar-refractivity contribution in [3.8, 4) is 0 Å². The van der Waals surface area contributed by atoms with Crippen LogP contribution in [0.5, 0.6) is 0 Å². The monoisotopic (exact) mass is 393 g/mol. The van der Waals surface area contributed by atoms with Gasteiger partial charge in [0.1, 0.15) is 5.69 Å². The molecule has 0 saturated heterocycles. The Morgan fingerprint density at radius 1 is 1.10 bits per heavy atom. The number of likely N-dealkylation sites (N-methyl/N-ethyl adjacent to an activating group) is 2. The number of carbonyl (C=O) groups excluding carboxylic acids is 2. The van der Waals surface area contributed by atoms with Gasteiger partial charge in [0.2, 0.25) is 11.9 Å². The zero-order chi connectivity index (χ0) is 21.1. The van der Waals surface area contributed by atoms with Gasteiger partial charge in [-0.2, -0.15) is 0 Å². The van der Waals surface area contributed by atoms with Crippen LogP contribution < -0.4 is 4.90 Å². The zero-order valence-electron chi connectivity index (χ0n) is 17.5. The summed E-state index contributed by atoms with van der Waals surface area (Å²) < 4.78 is 0. The van der Waals surface area contributed by atoms with Crippen molar-refractivity contribution in [3.63, 3.8) is 0 Å². The summed E-state index contributed by atoms with van der Waals surface area (Å²) in [6.07, 6.45) is 14.6. The van der Waals surface area contributed by atoms with Crippen molar-refractivity contribution in [1.82, 2.24) is 19.8 Å². The quantitative estimate of drug-likeness (QED) is 0.718. The molecule has 1 fully saturated rings. The van der Waals surface area contributed by atoms with E-state index in [4.69, 9.17) is 0 Å². The molecule has 2 amide bonds. The number of hydrogen-bond donors (Lipinski definition) is 0. The van der Waals surface area contributed by atoms with Gasteiger partial charge in [0.25, 0.3) is 5.91 Å². The van der Waals surface area contributed by atoms with E-state index in [0.29, 0.717) is 23.5 Å². The normalized spacial score (nSPS) is 23.1. The van der Waals surface area contributed by atoms with Crippen molar-refractivity contribution >= 4 is 17.8 Å². The minimum atomic E-state index is -0.171. The second-order valence-corrected chi connectivity index (χ2v) is 7.72. The second-order valence-electron chi connectivity index (χ2n) is 7.72. The van der Waals surface area contributed by atoms with E-state index < -0.39 is 0 Å². The molecule has 2 aliphatic rings. The molecule has 0 bridgehead atoms. The first-order valence-corrected chi connectivity index (χ1v) is 9.55. The molecular formula is C22H27N5O2. The van der Waals surface area contributed by atoms with E-state index >= 15 is 0 Å². The van der Waals surface area contributed by atoms with Gasteiger partial charge in [-0.05, 0) is 48.1 Å². The largest absolute Gasteiger partial charge is 0.345 e. The molecule has 0 radical (unpaired) electrons. The first kappa shape index (κ1) is 20.5. The first-order valence-electron chi connectivity index (χ1n) is 9.55. The van der Waals surface area contributed by atoms with Gasteiger partial charge in [-0.3, -0.25) is 9.59 Å². The molecular weight excluding hydrogens is 366 g/mol. The number of aromatic nitrogens is 2. The molecule has 0 aromatic carbocycles. The van der Waals surface area contributed by atoms with Crippen LogP contribution >= 0.6 is 0 Å². The number of nitrogens with zero attached hydrogens (tertiary/aromatic N) is 5. The summed E-state index contributed by atoms with van der Waals surface area (Å²) in [6.45, 7) is 0. The maximum atomic E-state index is 12.2. The first-order chi connectivity index (χ1) is 13.8. The lowest BCUT2D eigenvalue weighted by atomic mass is 10.1. The van der Waals surface area contributed by atoms with Gasteiger partial charge >= 0.3 is 0 Å². The van der Waals surface area contributed by atoms with Crippen molar-refractivity contribution in [2.24, 2.45) is 11.8 Å². The summed E-state index contributed by atoms with van der Waals surface area (Å²) in [5.74, 6) is 1.24. The minimum Gasteiger partial charge on any atom is -0.345 e. The number of carbonyl (C=O) groups is 2. The lowest BCUT2D eigenvalue weighted by Gasteiger charge is -2.20. The highest BCUT2D eigenvalue weighted by Crippen LogP contribution is 2.43. The van der Waals surface area contributed by atoms with E-state index in [1.165, 1.54) is 9.80 Å². The van der Waals surface area contributed by atoms with E-state index in [1.807, 2.05) is 24.1 Å². The van der Waals surface area contributed by atoms with Crippen LogP contribution in [0, 0.1) is 11.8 Å². The number of anilines is 1. The van der Waals surface area contributed by atoms with Crippen molar-refractivity contribution in [3.05, 3.63) is 65.7 Å². The molecule has 2 unspecified atom stereocenters. The third-order valence-electron chi connectivity index (χ3n) is 4.94. The molecule has 1 aromatic rings. The fourth-order valence-corrected chi connectivity index (χ4v) is 2.99. The molecule has 0 spiro atoms. The van der Waals surface area contributed by atoms with Crippen molar-refractivity contribution in [2.75, 3.05) is 40.1 Å². The average molecular weight is 393 g/mol. The van der Waals surface area contributed by atoms with Crippen LogP contribution in [0.25, 0.3) is 0 Å². The summed E-state index contributed by atoms with van der Waals surface area (Å²) >= 11 is 0. The number of amides is 2. The molecule has 1 aromatic heterocycles. The Morgan fingerprint density at radius 3 is 2.55 bits per heavy atom. The van der Waals surface area contributed by atoms with Gasteiger partial charge in [-0.15, -0.1) is 0 Å². The van der Waals surface area contributed by atoms with Crippen LogP contribution in [0.3, 0.4) is 0 Å². The molecule has 1 saturated carbocycles. The standard InChI is InChI=1S/C22H27N5O2/c1-25(2)20(28)9-6-15-12-17-14-16(17)7-8-18(13-15)27(5)22-23-11-10-19(24-22)21(29)26(3)4/h6-13,16-17H,14H2,1-5H3/b8-7-,9-6+,15-12?,18-13+. The maximum absolute atomic E-state index is 12.2. The third kappa shape index (κ3) is 4.99. The van der Waals surface area contributed by atoms with Gasteiger partial charge in [-0.1, -0.05) is 12.2 Å². The molecule has 0 N–H and O–H groups in total. The van der Waals surface area contributed by atoms with Crippen molar-refractivity contribution in [2.45, 2.75) is 6.42 Å². The fraction of sp³-hybridized carbons (Fsp3) is 0.364. The predicted molar refractivity (Wildman–Crippen MR) is 113 cm³/mol. The van der Waals surface area contributed by atoms with E-state index in [0.717, 1.165) is 17.7 Å². The van der Waals surface area contributed by atoms with Crippen LogP contribution in [-0.4, -0.2) is 66.8 Å². The van der Waals surface area contributed by atoms with Gasteiger partial charge in [0, 0.05) is 53.2 Å². The third-order valence-corrected chi connectivity index (χ3v) is 4.94. The summed E-state index contributed by atoms with van der Waals surface area (Å²) in [7, 11) is 8.71. The fourth-order valence-electron chi connectivity index (χ4n) is 2.99. The number of fused-ring (bicyclic) bond motifs is 1. The van der Waals surface area contributed by atoms with Crippen molar-refractivity contribution in [1.29, 1.82) is 0 Å². The van der Waals surface area contributed by atoms with Crippen LogP contribution in [-0.2, 0) is 4.79 Å². The van der Waals surface area contributed by atoms with E-state index in [1.54, 1.807) is 46.5 Å². The summed E-state index contributed by atoms with van der Waals surface area (Å²) in [4.78, 5) is 37.8. The Kier molecular flexibility index (Phi) is 5.96. The highest BCUT2D eigenvalue weighted by Gasteiger charge is 2.33. The predicted octanol–water partition coefficient (Wildman–Crippen LogP) is 2.28. The Hall–Kier alpha value is -3.22. The molecule has 3 rings (SSSR count). The van der Waals surface area contributed by atoms with Crippen LogP contribution in [0.4, 0.5) is 5.95 Å². The lowest BCUT2D eigenvalue weighted by molar-refractivity contribution is -0.123. The Bertz CT molecular complexity index is 927. The Labute approximate surface area is 171 Å². The highest BCUT2D eigenvalue weighted by molar-refractivity contribution is 5.92. The minimum absolute atomic E-state index is 0.0580. The second kappa shape index (κ2) is 8.43. The van der Waals surface area contributed by atoms with E-state index in [-0.39, 0.29) is 11.8 Å². The molecule has 2 atom stereocenters. The van der Waals surface area contributed by atoms with Gasteiger partial charge in [0.05, 0.1) is 0 Å². The lowest BCUT2D eigenvalue weighted by Crippen LogP contribution is -2.25. The Balaban J connectivity index is 1.90. The van der Waals surface area contributed by atoms with Crippen LogP contribution in [0.15, 0.2) is 60.0 Å². The molecule has 0 aliphatic heterocycles. The SMILES string of the molecule is CN(C)C(=O)/C=C/C1=CC2CC2/C=C\C(N(C)c2nccc(C(=O)N(C)C)n2)=C/1. The molecule has 29 heavy (non-hydrogen) atoms. The average Bonchev–Trinajstić information content (AvgIpc) is 3.42. The number of allylic oxidation sites excluding steroid dienone is 6. The van der Waals surface area contributed by atoms with Crippen LogP contribution in [0.2, 0.25) is 0 Å². The van der Waals surface area contributed by atoms with Gasteiger partial charge in [0.15, 0.2) is 0 Å². The number of hydrogen-bond acceptors (Lipinski definition) is 5. The molecule has 152 valence electrons. The van der Waals surface area contributed by atoms with Crippen molar-refractivity contribution < 1.29 is 9.59 Å². The Morgan fingerprint density at radius 2 is 1.86 bits per heavy atom. The number of rotatable bonds is 5. The maximum Gasteiger partial charge on any atom is 0.272 e. The zero-order valence-corrected chi connectivity index (χ0v) is 17.5. The molecule has 7 heteroatoms. The highest BCUT2D eigenvalue weighted by atomic mass is 16.2. The molecule has 2 aliphatic carbocycles. The van der Waals surface area contributed by atoms with Gasteiger partial charge in [-0.25, -0.2) is 9.97 Å². The smallest absolute Gasteiger partial charge is 0.272 e. The summed E-state index contributed by atoms with van der Waals surface area (Å²) in [5, 5.41) is 0. The molecule has 1 heterocycles. The van der Waals surface area contributed by atoms with E-state index in [2.05, 4.69) is 28.2 Å². The van der Waals surface area contributed by atoms with Crippen LogP contribution in [0.1, 0.15) is 16.9 Å². The summed E-state index contributed by atoms with van der Waals surface area (Å²) in [6, 6.07) is 1.61. The summed E-state index contributed by atoms with van der Waals surface area (Å²) in [5.41, 5.74) is 2.20.